The summed E-state index contributed by atoms with van der Waals surface area (Å²) < 4.78 is 75.2. The summed E-state index contributed by atoms with van der Waals surface area (Å²) in [4.78, 5) is 21.3. The van der Waals surface area contributed by atoms with Crippen molar-refractivity contribution < 1.29 is 35.9 Å². The van der Waals surface area contributed by atoms with Crippen molar-refractivity contribution in [2.24, 2.45) is 5.73 Å². The van der Waals surface area contributed by atoms with E-state index in [4.69, 9.17) is 0 Å². The Labute approximate surface area is 113 Å². The normalized spacial score (nSPS) is 12.1. The summed E-state index contributed by atoms with van der Waals surface area (Å²) in [6.07, 6.45) is -9.96. The molecule has 21 heavy (non-hydrogen) atoms. The van der Waals surface area contributed by atoms with Crippen LogP contribution in [-0.2, 0) is 28.5 Å². The Balaban J connectivity index is 3.14. The van der Waals surface area contributed by atoms with Gasteiger partial charge in [-0.05, 0) is 23.8 Å². The average Bonchev–Trinajstić information content (AvgIpc) is 2.33. The Bertz CT molecular complexity index is 533. The molecule has 4 nitrogen and oxygen atoms in total. The zero-order valence-electron chi connectivity index (χ0n) is 10.1. The number of hydrogen-bond acceptors (Lipinski definition) is 2. The molecule has 0 bridgehead atoms. The maximum absolute atomic E-state index is 12.5. The second-order valence-electron chi connectivity index (χ2n) is 3.96. The number of carbonyl (C=O) groups excluding carboxylic acids is 2. The van der Waals surface area contributed by atoms with E-state index in [9.17, 15) is 35.9 Å². The minimum absolute atomic E-state index is 0.0423. The molecule has 1 aromatic rings. The largest absolute Gasteiger partial charge is 0.416 e. The molecule has 1 rings (SSSR count). The molecule has 1 aromatic carbocycles. The first-order valence-corrected chi connectivity index (χ1v) is 5.27. The van der Waals surface area contributed by atoms with Gasteiger partial charge in [0.2, 0.25) is 0 Å². The molecule has 0 fully saturated rings. The molecule has 0 spiro atoms. The zero-order valence-corrected chi connectivity index (χ0v) is 10.1. The van der Waals surface area contributed by atoms with Gasteiger partial charge in [-0.15, -0.1) is 0 Å². The van der Waals surface area contributed by atoms with Gasteiger partial charge < -0.3 is 11.1 Å². The number of rotatable bonds is 2. The molecule has 0 saturated heterocycles. The van der Waals surface area contributed by atoms with E-state index in [-0.39, 0.29) is 6.07 Å². The van der Waals surface area contributed by atoms with Gasteiger partial charge in [-0.25, -0.2) is 0 Å². The molecule has 10 heteroatoms. The van der Waals surface area contributed by atoms with E-state index in [2.05, 4.69) is 5.73 Å². The number of nitrogens with two attached hydrogens (primary N) is 1. The van der Waals surface area contributed by atoms with Crippen molar-refractivity contribution in [3.63, 3.8) is 0 Å². The Morgan fingerprint density at radius 1 is 0.952 bits per heavy atom. The van der Waals surface area contributed by atoms with Gasteiger partial charge in [-0.3, -0.25) is 9.59 Å². The highest BCUT2D eigenvalue weighted by atomic mass is 19.4. The third-order valence-electron chi connectivity index (χ3n) is 2.32. The van der Waals surface area contributed by atoms with Crippen LogP contribution in [0.1, 0.15) is 16.7 Å². The van der Waals surface area contributed by atoms with Gasteiger partial charge in [0.25, 0.3) is 0 Å². The van der Waals surface area contributed by atoms with Gasteiger partial charge in [0.05, 0.1) is 11.1 Å². The molecule has 0 aliphatic rings. The first-order chi connectivity index (χ1) is 9.41. The summed E-state index contributed by atoms with van der Waals surface area (Å²) in [6.45, 7) is -0.700. The predicted molar refractivity (Wildman–Crippen MR) is 57.5 cm³/mol. The van der Waals surface area contributed by atoms with Crippen LogP contribution in [0.4, 0.5) is 26.3 Å². The highest BCUT2D eigenvalue weighted by Gasteiger charge is 2.36. The van der Waals surface area contributed by atoms with Crippen LogP contribution in [0.25, 0.3) is 0 Å². The molecule has 0 unspecified atom stereocenters. The van der Waals surface area contributed by atoms with Crippen LogP contribution >= 0.6 is 0 Å². The number of primary amides is 1. The van der Waals surface area contributed by atoms with E-state index >= 15 is 0 Å². The molecular weight excluding hydrogens is 306 g/mol. The minimum atomic E-state index is -4.98. The third-order valence-corrected chi connectivity index (χ3v) is 2.32. The van der Waals surface area contributed by atoms with Gasteiger partial charge in [-0.2, -0.15) is 26.3 Å². The molecule has 116 valence electrons. The fraction of sp³-hybridized carbons (Fsp3) is 0.273. The zero-order chi connectivity index (χ0) is 16.4. The van der Waals surface area contributed by atoms with E-state index in [1.807, 2.05) is 5.32 Å². The lowest BCUT2D eigenvalue weighted by molar-refractivity contribution is -0.143. The number of hydrogen-bond donors (Lipinski definition) is 2. The van der Waals surface area contributed by atoms with Gasteiger partial charge in [-0.1, -0.05) is 0 Å². The van der Waals surface area contributed by atoms with Crippen molar-refractivity contribution in [2.45, 2.75) is 18.9 Å². The first-order valence-electron chi connectivity index (χ1n) is 5.27. The van der Waals surface area contributed by atoms with Gasteiger partial charge >= 0.3 is 24.2 Å². The minimum Gasteiger partial charge on any atom is -0.361 e. The molecule has 0 aliphatic heterocycles. The van der Waals surface area contributed by atoms with E-state index in [1.165, 1.54) is 0 Å². The Hall–Kier alpha value is -2.26. The average molecular weight is 314 g/mol. The van der Waals surface area contributed by atoms with Crippen molar-refractivity contribution in [1.82, 2.24) is 5.32 Å². The number of benzene rings is 1. The van der Waals surface area contributed by atoms with Crippen LogP contribution in [0.3, 0.4) is 0 Å². The second-order valence-corrected chi connectivity index (χ2v) is 3.96. The number of alkyl halides is 6. The maximum atomic E-state index is 12.5. The highest BCUT2D eigenvalue weighted by Crippen LogP contribution is 2.36. The molecule has 3 N–H and O–H groups in total. The van der Waals surface area contributed by atoms with E-state index in [1.54, 1.807) is 0 Å². The summed E-state index contributed by atoms with van der Waals surface area (Å²) >= 11 is 0. The Morgan fingerprint density at radius 2 is 1.38 bits per heavy atom. The van der Waals surface area contributed by atoms with Crippen LogP contribution in [0.15, 0.2) is 18.2 Å². The van der Waals surface area contributed by atoms with Crippen LogP contribution in [0, 0.1) is 0 Å². The molecule has 2 amide bonds. The summed E-state index contributed by atoms with van der Waals surface area (Å²) in [6, 6.07) is 0.840. The van der Waals surface area contributed by atoms with Crippen molar-refractivity contribution in [1.29, 1.82) is 0 Å². The van der Waals surface area contributed by atoms with Crippen LogP contribution in [0.2, 0.25) is 0 Å². The van der Waals surface area contributed by atoms with E-state index in [0.29, 0.717) is 12.1 Å². The Kier molecular flexibility index (Phi) is 4.49. The first kappa shape index (κ1) is 16.8. The summed E-state index contributed by atoms with van der Waals surface area (Å²) in [5, 5.41) is 1.81. The second kappa shape index (κ2) is 5.62. The van der Waals surface area contributed by atoms with Gasteiger partial charge in [0.1, 0.15) is 0 Å². The fourth-order valence-electron chi connectivity index (χ4n) is 1.39. The smallest absolute Gasteiger partial charge is 0.361 e. The standard InChI is InChI=1S/C11H8F6N2O2/c12-10(13,14)6-1-5(4-19-9(21)8(18)20)2-7(3-6)11(15,16)17/h1-3H,4H2,(H2,18,20)(H,19,21). The maximum Gasteiger partial charge on any atom is 0.416 e. The lowest BCUT2D eigenvalue weighted by Gasteiger charge is -2.14. The van der Waals surface area contributed by atoms with Gasteiger partial charge in [0, 0.05) is 6.54 Å². The van der Waals surface area contributed by atoms with Crippen molar-refractivity contribution in [3.8, 4) is 0 Å². The van der Waals surface area contributed by atoms with Gasteiger partial charge in [0.15, 0.2) is 0 Å². The number of carbonyl (C=O) groups is 2. The summed E-state index contributed by atoms with van der Waals surface area (Å²) in [5.41, 5.74) is 1.09. The molecule has 0 aromatic heterocycles. The summed E-state index contributed by atoms with van der Waals surface area (Å²) in [5.74, 6) is -2.72. The summed E-state index contributed by atoms with van der Waals surface area (Å²) in [7, 11) is 0. The lowest BCUT2D eigenvalue weighted by atomic mass is 10.0. The number of amides is 2. The highest BCUT2D eigenvalue weighted by molar-refractivity contribution is 6.34. The molecule has 0 aliphatic carbocycles. The number of nitrogens with one attached hydrogen (secondary N) is 1. The quantitative estimate of drug-likeness (QED) is 0.646. The van der Waals surface area contributed by atoms with Crippen molar-refractivity contribution in [3.05, 3.63) is 34.9 Å². The third kappa shape index (κ3) is 4.65. The fourth-order valence-corrected chi connectivity index (χ4v) is 1.39. The number of halogens is 6. The van der Waals surface area contributed by atoms with Crippen LogP contribution in [0.5, 0.6) is 0 Å². The SMILES string of the molecule is NC(=O)C(=O)NCc1cc(C(F)(F)F)cc(C(F)(F)F)c1. The van der Waals surface area contributed by atoms with Crippen molar-refractivity contribution >= 4 is 11.8 Å². The van der Waals surface area contributed by atoms with Crippen LogP contribution in [-0.4, -0.2) is 11.8 Å². The van der Waals surface area contributed by atoms with E-state index < -0.39 is 47.4 Å². The van der Waals surface area contributed by atoms with E-state index in [0.717, 1.165) is 0 Å². The topological polar surface area (TPSA) is 72.2 Å². The monoisotopic (exact) mass is 314 g/mol. The van der Waals surface area contributed by atoms with Crippen molar-refractivity contribution in [2.75, 3.05) is 0 Å². The molecule has 0 heterocycles. The molecule has 0 atom stereocenters. The Morgan fingerprint density at radius 3 is 1.71 bits per heavy atom. The lowest BCUT2D eigenvalue weighted by Crippen LogP contribution is -2.35. The predicted octanol–water partition coefficient (Wildman–Crippen LogP) is 1.83. The molecule has 0 radical (unpaired) electrons. The molecular formula is C11H8F6N2O2. The van der Waals surface area contributed by atoms with Crippen LogP contribution < -0.4 is 11.1 Å². The molecule has 0 saturated carbocycles.